The van der Waals surface area contributed by atoms with Gasteiger partial charge in [0.2, 0.25) is 0 Å². The van der Waals surface area contributed by atoms with Crippen LogP contribution in [0.25, 0.3) is 0 Å². The molecular formula is C22H21Cl2N3O4S. The maximum Gasteiger partial charge on any atom is 0.273 e. The first-order valence-corrected chi connectivity index (χ1v) is 11.2. The Morgan fingerprint density at radius 3 is 2.38 bits per heavy atom. The molecule has 0 unspecified atom stereocenters. The van der Waals surface area contributed by atoms with Gasteiger partial charge in [-0.05, 0) is 37.3 Å². The van der Waals surface area contributed by atoms with Crippen molar-refractivity contribution in [2.45, 2.75) is 6.92 Å². The zero-order valence-electron chi connectivity index (χ0n) is 17.9. The van der Waals surface area contributed by atoms with E-state index in [4.69, 9.17) is 32.7 Å². The second kappa shape index (κ2) is 10.2. The van der Waals surface area contributed by atoms with Crippen molar-refractivity contribution < 1.29 is 19.1 Å². The number of amides is 2. The normalized spacial score (nSPS) is 10.6. The topological polar surface area (TPSA) is 72.0 Å². The highest BCUT2D eigenvalue weighted by atomic mass is 35.5. The monoisotopic (exact) mass is 493 g/mol. The van der Waals surface area contributed by atoms with Gasteiger partial charge in [-0.25, -0.2) is 4.98 Å². The summed E-state index contributed by atoms with van der Waals surface area (Å²) in [6.07, 6.45) is 0. The minimum Gasteiger partial charge on any atom is -0.493 e. The van der Waals surface area contributed by atoms with E-state index < -0.39 is 5.91 Å². The molecule has 1 aromatic heterocycles. The number of hydrogen-bond acceptors (Lipinski definition) is 6. The first kappa shape index (κ1) is 23.8. The van der Waals surface area contributed by atoms with Crippen LogP contribution in [0.2, 0.25) is 10.0 Å². The van der Waals surface area contributed by atoms with E-state index in [0.29, 0.717) is 33.9 Å². The summed E-state index contributed by atoms with van der Waals surface area (Å²) in [6.45, 7) is 2.40. The zero-order valence-corrected chi connectivity index (χ0v) is 20.2. The first-order valence-electron chi connectivity index (χ1n) is 9.53. The largest absolute Gasteiger partial charge is 0.493 e. The van der Waals surface area contributed by atoms with Gasteiger partial charge in [-0.1, -0.05) is 23.2 Å². The van der Waals surface area contributed by atoms with Crippen LogP contribution in [0.4, 0.5) is 10.8 Å². The summed E-state index contributed by atoms with van der Waals surface area (Å²) in [5.74, 6) is 0.270. The van der Waals surface area contributed by atoms with Crippen LogP contribution in [0.15, 0.2) is 41.8 Å². The lowest BCUT2D eigenvalue weighted by molar-refractivity contribution is 0.0797. The molecule has 10 heteroatoms. The van der Waals surface area contributed by atoms with E-state index in [1.54, 1.807) is 42.8 Å². The van der Waals surface area contributed by atoms with E-state index in [1.165, 1.54) is 41.4 Å². The molecule has 3 aromatic rings. The number of methoxy groups -OCH3 is 2. The van der Waals surface area contributed by atoms with E-state index in [2.05, 4.69) is 4.98 Å². The van der Waals surface area contributed by atoms with Crippen molar-refractivity contribution in [3.05, 3.63) is 63.1 Å². The lowest BCUT2D eigenvalue weighted by Crippen LogP contribution is -2.28. The van der Waals surface area contributed by atoms with Gasteiger partial charge in [0.1, 0.15) is 5.69 Å². The summed E-state index contributed by atoms with van der Waals surface area (Å²) in [7, 11) is 4.72. The van der Waals surface area contributed by atoms with Crippen molar-refractivity contribution in [1.29, 1.82) is 0 Å². The molecule has 0 N–H and O–H groups in total. The number of carbonyl (C=O) groups excluding carboxylic acids is 2. The highest BCUT2D eigenvalue weighted by Crippen LogP contribution is 2.37. The van der Waals surface area contributed by atoms with Gasteiger partial charge in [-0.15, -0.1) is 11.3 Å². The van der Waals surface area contributed by atoms with Crippen molar-refractivity contribution >= 4 is 57.2 Å². The predicted molar refractivity (Wildman–Crippen MR) is 127 cm³/mol. The summed E-state index contributed by atoms with van der Waals surface area (Å²) >= 11 is 13.5. The van der Waals surface area contributed by atoms with Gasteiger partial charge in [-0.2, -0.15) is 0 Å². The minimum absolute atomic E-state index is 0.201. The van der Waals surface area contributed by atoms with Gasteiger partial charge < -0.3 is 14.4 Å². The van der Waals surface area contributed by atoms with Crippen LogP contribution in [0.1, 0.15) is 27.8 Å². The van der Waals surface area contributed by atoms with E-state index >= 15 is 0 Å². The van der Waals surface area contributed by atoms with Gasteiger partial charge in [0.15, 0.2) is 16.6 Å². The quantitative estimate of drug-likeness (QED) is 0.432. The Balaban J connectivity index is 2.13. The molecule has 0 bridgehead atoms. The maximum absolute atomic E-state index is 13.6. The SMILES string of the molecule is CCN(C)C(=O)c1csc(N(C(=O)c2ccc(Cl)cc2Cl)c2ccc(OC)c(OC)c2)n1. The third-order valence-electron chi connectivity index (χ3n) is 4.71. The van der Waals surface area contributed by atoms with E-state index in [9.17, 15) is 9.59 Å². The van der Waals surface area contributed by atoms with Gasteiger partial charge in [0.05, 0.1) is 30.5 Å². The summed E-state index contributed by atoms with van der Waals surface area (Å²) in [6, 6.07) is 9.66. The molecular weight excluding hydrogens is 473 g/mol. The number of anilines is 2. The maximum atomic E-state index is 13.6. The Morgan fingerprint density at radius 1 is 1.03 bits per heavy atom. The number of nitrogens with zero attached hydrogens (tertiary/aromatic N) is 3. The van der Waals surface area contributed by atoms with Crippen molar-refractivity contribution in [3.8, 4) is 11.5 Å². The Morgan fingerprint density at radius 2 is 1.75 bits per heavy atom. The molecule has 0 aliphatic rings. The molecule has 0 radical (unpaired) electrons. The average molecular weight is 494 g/mol. The number of aromatic nitrogens is 1. The Labute approximate surface area is 200 Å². The molecule has 0 saturated heterocycles. The van der Waals surface area contributed by atoms with Crippen LogP contribution < -0.4 is 14.4 Å². The number of hydrogen-bond donors (Lipinski definition) is 0. The smallest absolute Gasteiger partial charge is 0.273 e. The van der Waals surface area contributed by atoms with Crippen molar-refractivity contribution in [3.63, 3.8) is 0 Å². The molecule has 7 nitrogen and oxygen atoms in total. The number of thiazole rings is 1. The third-order valence-corrected chi connectivity index (χ3v) is 6.09. The Kier molecular flexibility index (Phi) is 7.60. The highest BCUT2D eigenvalue weighted by molar-refractivity contribution is 7.14. The Bertz CT molecular complexity index is 1150. The average Bonchev–Trinajstić information content (AvgIpc) is 3.27. The number of halogens is 2. The molecule has 0 atom stereocenters. The minimum atomic E-state index is -0.434. The molecule has 0 aliphatic heterocycles. The third kappa shape index (κ3) is 4.82. The van der Waals surface area contributed by atoms with Gasteiger partial charge >= 0.3 is 0 Å². The summed E-state index contributed by atoms with van der Waals surface area (Å²) < 4.78 is 10.7. The van der Waals surface area contributed by atoms with Crippen LogP contribution in [0.5, 0.6) is 11.5 Å². The van der Waals surface area contributed by atoms with Crippen LogP contribution in [0.3, 0.4) is 0 Å². The molecule has 168 valence electrons. The van der Waals surface area contributed by atoms with Gasteiger partial charge in [0.25, 0.3) is 11.8 Å². The molecule has 3 rings (SSSR count). The van der Waals surface area contributed by atoms with Gasteiger partial charge in [0, 0.05) is 30.1 Å². The zero-order chi connectivity index (χ0) is 23.4. The fraction of sp³-hybridized carbons (Fsp3) is 0.227. The second-order valence-electron chi connectivity index (χ2n) is 6.64. The molecule has 1 heterocycles. The predicted octanol–water partition coefficient (Wildman–Crippen LogP) is 5.54. The first-order chi connectivity index (χ1) is 15.3. The summed E-state index contributed by atoms with van der Waals surface area (Å²) in [4.78, 5) is 33.5. The lowest BCUT2D eigenvalue weighted by Gasteiger charge is -2.22. The second-order valence-corrected chi connectivity index (χ2v) is 8.32. The van der Waals surface area contributed by atoms with Gasteiger partial charge in [-0.3, -0.25) is 14.5 Å². The Hall–Kier alpha value is -2.81. The number of ether oxygens (including phenoxy) is 2. The molecule has 0 aliphatic carbocycles. The number of benzene rings is 2. The number of rotatable bonds is 7. The van der Waals surface area contributed by atoms with Crippen molar-refractivity contribution in [2.75, 3.05) is 32.7 Å². The van der Waals surface area contributed by atoms with Crippen molar-refractivity contribution in [2.24, 2.45) is 0 Å². The van der Waals surface area contributed by atoms with E-state index in [-0.39, 0.29) is 22.2 Å². The van der Waals surface area contributed by atoms with Crippen LogP contribution in [0, 0.1) is 0 Å². The molecule has 0 fully saturated rings. The van der Waals surface area contributed by atoms with E-state index in [0.717, 1.165) is 0 Å². The van der Waals surface area contributed by atoms with E-state index in [1.807, 2.05) is 6.92 Å². The van der Waals surface area contributed by atoms with Crippen LogP contribution >= 0.6 is 34.5 Å². The van der Waals surface area contributed by atoms with Crippen molar-refractivity contribution in [1.82, 2.24) is 9.88 Å². The molecule has 2 amide bonds. The lowest BCUT2D eigenvalue weighted by atomic mass is 10.1. The fourth-order valence-corrected chi connectivity index (χ4v) is 4.17. The van der Waals surface area contributed by atoms with Crippen LogP contribution in [-0.2, 0) is 0 Å². The molecule has 0 spiro atoms. The fourth-order valence-electron chi connectivity index (χ4n) is 2.87. The summed E-state index contributed by atoms with van der Waals surface area (Å²) in [5, 5.41) is 2.54. The molecule has 0 saturated carbocycles. The molecule has 2 aromatic carbocycles. The number of carbonyl (C=O) groups is 2. The summed E-state index contributed by atoms with van der Waals surface area (Å²) in [5.41, 5.74) is 0.949. The molecule has 32 heavy (non-hydrogen) atoms. The highest BCUT2D eigenvalue weighted by Gasteiger charge is 2.27. The van der Waals surface area contributed by atoms with Crippen LogP contribution in [-0.4, -0.2) is 49.5 Å². The standard InChI is InChI=1S/C22H21Cl2N3O4S/c1-5-26(2)21(29)17-12-32-22(25-17)27(14-7-9-18(30-3)19(11-14)31-4)20(28)15-8-6-13(23)10-16(15)24/h6-12H,5H2,1-4H3.